The van der Waals surface area contributed by atoms with Gasteiger partial charge in [0.15, 0.2) is 11.6 Å². The third-order valence-corrected chi connectivity index (χ3v) is 10.9. The molecule has 0 aliphatic carbocycles. The first-order chi connectivity index (χ1) is 29.0. The summed E-state index contributed by atoms with van der Waals surface area (Å²) in [5.41, 5.74) is 16.2. The number of para-hydroxylation sites is 2. The summed E-state index contributed by atoms with van der Waals surface area (Å²) in [4.78, 5) is 94.6. The predicted molar refractivity (Wildman–Crippen MR) is 235 cm³/mol. The van der Waals surface area contributed by atoms with E-state index in [0.717, 1.165) is 32.9 Å². The molecule has 4 amide bonds. The Labute approximate surface area is 355 Å². The lowest BCUT2D eigenvalue weighted by Gasteiger charge is -2.29. The first-order valence-corrected chi connectivity index (χ1v) is 21.2. The van der Waals surface area contributed by atoms with Crippen molar-refractivity contribution >= 4 is 69.6 Å². The maximum atomic E-state index is 14.3. The van der Waals surface area contributed by atoms with Crippen LogP contribution in [0.1, 0.15) is 68.1 Å². The number of carbonyl (C=O) groups is 6. The summed E-state index contributed by atoms with van der Waals surface area (Å²) in [6, 6.07) is 18.3. The molecule has 0 radical (unpaired) electrons. The minimum atomic E-state index is -0.932. The van der Waals surface area contributed by atoms with E-state index in [1.165, 1.54) is 14.7 Å². The van der Waals surface area contributed by atoms with E-state index in [0.29, 0.717) is 62.8 Å². The van der Waals surface area contributed by atoms with Crippen molar-refractivity contribution < 1.29 is 28.8 Å². The molecular weight excluding hydrogens is 781 g/mol. The largest absolute Gasteiger partial charge is 0.370 e. The van der Waals surface area contributed by atoms with Gasteiger partial charge in [0.1, 0.15) is 6.54 Å². The van der Waals surface area contributed by atoms with E-state index in [-0.39, 0.29) is 69.5 Å². The molecule has 2 aromatic carbocycles. The monoisotopic (exact) mass is 836 g/mol. The van der Waals surface area contributed by atoms with Crippen LogP contribution in [-0.2, 0) is 48.2 Å². The number of carbonyl (C=O) groups excluding carboxylic acids is 6. The Kier molecular flexibility index (Phi) is 17.4. The number of pyridine rings is 1. The van der Waals surface area contributed by atoms with E-state index in [9.17, 15) is 28.8 Å². The Morgan fingerprint density at radius 3 is 1.85 bits per heavy atom. The third kappa shape index (κ3) is 13.6. The fourth-order valence-electron chi connectivity index (χ4n) is 7.24. The SMILES string of the molecule is NC(=O)CCCCC(N)C(=O)N(CC(=O)N(CCc1c[nH]c2ccccc12)CC(=O)CCC(=O)N(CCc1c[nH]c2ccccc12)CC(=O)CCCS)Cc1cccnc1. The molecule has 3 aromatic heterocycles. The number of hydrogen-bond donors (Lipinski definition) is 5. The van der Waals surface area contributed by atoms with E-state index in [1.54, 1.807) is 24.5 Å². The van der Waals surface area contributed by atoms with Crippen molar-refractivity contribution in [1.29, 1.82) is 0 Å². The van der Waals surface area contributed by atoms with Crippen LogP contribution in [0, 0.1) is 0 Å². The molecule has 14 nitrogen and oxygen atoms in total. The van der Waals surface area contributed by atoms with Crippen LogP contribution in [0.4, 0.5) is 0 Å². The highest BCUT2D eigenvalue weighted by molar-refractivity contribution is 7.80. The normalized spacial score (nSPS) is 11.7. The number of aromatic nitrogens is 3. The zero-order valence-corrected chi connectivity index (χ0v) is 34.9. The van der Waals surface area contributed by atoms with Gasteiger partial charge in [-0.05, 0) is 72.7 Å². The molecule has 0 saturated heterocycles. The molecule has 60 heavy (non-hydrogen) atoms. The summed E-state index contributed by atoms with van der Waals surface area (Å²) < 4.78 is 0. The number of H-pyrrole nitrogens is 2. The van der Waals surface area contributed by atoms with Crippen LogP contribution in [-0.4, -0.2) is 109 Å². The molecular formula is C45H56N8O6S. The topological polar surface area (TPSA) is 209 Å². The lowest BCUT2D eigenvalue weighted by atomic mass is 10.1. The van der Waals surface area contributed by atoms with Gasteiger partial charge in [-0.15, -0.1) is 0 Å². The average Bonchev–Trinajstić information content (AvgIpc) is 3.87. The first-order valence-electron chi connectivity index (χ1n) is 20.5. The molecule has 15 heteroatoms. The van der Waals surface area contributed by atoms with Crippen LogP contribution in [0.15, 0.2) is 85.5 Å². The number of nitrogens with two attached hydrogens (primary N) is 2. The number of nitrogens with one attached hydrogen (secondary N) is 2. The van der Waals surface area contributed by atoms with Crippen LogP contribution in [0.3, 0.4) is 0 Å². The molecule has 3 heterocycles. The standard InChI is InChI=1S/C45H56N8O6S/c46-39(13-3-6-16-42(47)56)45(59)53(28-32-9-7-21-48-25-32)31-44(58)52(23-20-34-27-50-41-15-5-2-12-38(34)41)30-36(55)17-18-43(57)51(29-35(54)10-8-24-60)22-19-33-26-49-40-14-4-1-11-37(33)40/h1-2,4-5,7,9,11-12,14-15,21,25-27,39,49-50,60H,3,6,8,10,13,16-20,22-24,28-31,46H2,(H2,47,56). The van der Waals surface area contributed by atoms with Gasteiger partial charge < -0.3 is 36.1 Å². The Balaban J connectivity index is 1.29. The number of hydrogen-bond acceptors (Lipinski definition) is 9. The minimum absolute atomic E-state index is 0.0627. The van der Waals surface area contributed by atoms with E-state index in [1.807, 2.05) is 60.9 Å². The van der Waals surface area contributed by atoms with Crippen molar-refractivity contribution in [2.75, 3.05) is 38.5 Å². The smallest absolute Gasteiger partial charge is 0.242 e. The van der Waals surface area contributed by atoms with Gasteiger partial charge in [-0.2, -0.15) is 12.6 Å². The first kappa shape index (κ1) is 45.3. The molecule has 0 aliphatic rings. The van der Waals surface area contributed by atoms with Gasteiger partial charge in [0.2, 0.25) is 23.6 Å². The summed E-state index contributed by atoms with van der Waals surface area (Å²) in [6.45, 7) is -0.160. The number of aromatic amines is 2. The van der Waals surface area contributed by atoms with Crippen molar-refractivity contribution in [1.82, 2.24) is 29.7 Å². The second-order valence-electron chi connectivity index (χ2n) is 15.1. The lowest BCUT2D eigenvalue weighted by Crippen LogP contribution is -2.49. The zero-order chi connectivity index (χ0) is 42.9. The van der Waals surface area contributed by atoms with E-state index in [4.69, 9.17) is 11.5 Å². The van der Waals surface area contributed by atoms with Crippen molar-refractivity contribution in [2.45, 2.75) is 76.8 Å². The molecule has 5 aromatic rings. The Hall–Kier alpha value is -5.80. The summed E-state index contributed by atoms with van der Waals surface area (Å²) in [6.07, 6.45) is 10.0. The highest BCUT2D eigenvalue weighted by Crippen LogP contribution is 2.20. The number of ketones is 2. The maximum absolute atomic E-state index is 14.3. The molecule has 5 rings (SSSR count). The number of rotatable bonds is 26. The number of benzene rings is 2. The quantitative estimate of drug-likeness (QED) is 0.0395. The maximum Gasteiger partial charge on any atom is 0.242 e. The molecule has 0 aliphatic heterocycles. The van der Waals surface area contributed by atoms with Crippen molar-refractivity contribution in [3.8, 4) is 0 Å². The predicted octanol–water partition coefficient (Wildman–Crippen LogP) is 4.52. The van der Waals surface area contributed by atoms with Gasteiger partial charge in [0.25, 0.3) is 0 Å². The highest BCUT2D eigenvalue weighted by atomic mass is 32.1. The molecule has 0 saturated carbocycles. The van der Waals surface area contributed by atoms with Crippen molar-refractivity contribution in [3.05, 3.63) is 102 Å². The number of fused-ring (bicyclic) bond motifs is 2. The fraction of sp³-hybridized carbons (Fsp3) is 0.400. The third-order valence-electron chi connectivity index (χ3n) is 10.6. The Morgan fingerprint density at radius 1 is 0.667 bits per heavy atom. The van der Waals surface area contributed by atoms with Gasteiger partial charge in [0.05, 0.1) is 19.1 Å². The van der Waals surface area contributed by atoms with E-state index >= 15 is 0 Å². The fourth-order valence-corrected chi connectivity index (χ4v) is 7.40. The summed E-state index contributed by atoms with van der Waals surface area (Å²) in [5, 5.41) is 2.04. The number of primary amides is 1. The summed E-state index contributed by atoms with van der Waals surface area (Å²) in [5.74, 6) is -1.51. The van der Waals surface area contributed by atoms with Crippen LogP contribution in [0.5, 0.6) is 0 Å². The Bertz CT molecular complexity index is 2220. The molecule has 318 valence electrons. The molecule has 0 bridgehead atoms. The van der Waals surface area contributed by atoms with Crippen LogP contribution in [0.2, 0.25) is 0 Å². The number of unbranched alkanes of at least 4 members (excludes halogenated alkanes) is 1. The zero-order valence-electron chi connectivity index (χ0n) is 34.0. The van der Waals surface area contributed by atoms with Crippen molar-refractivity contribution in [2.24, 2.45) is 11.5 Å². The van der Waals surface area contributed by atoms with Gasteiger partial charge >= 0.3 is 0 Å². The lowest BCUT2D eigenvalue weighted by molar-refractivity contribution is -0.143. The molecule has 1 atom stereocenters. The number of nitrogens with zero attached hydrogens (tertiary/aromatic N) is 4. The molecule has 0 fully saturated rings. The Morgan fingerprint density at radius 2 is 1.27 bits per heavy atom. The van der Waals surface area contributed by atoms with Crippen LogP contribution in [0.25, 0.3) is 21.8 Å². The van der Waals surface area contributed by atoms with E-state index < -0.39 is 23.8 Å². The molecule has 6 N–H and O–H groups in total. The van der Waals surface area contributed by atoms with Crippen molar-refractivity contribution in [3.63, 3.8) is 0 Å². The van der Waals surface area contributed by atoms with Gasteiger partial charge in [-0.3, -0.25) is 33.8 Å². The summed E-state index contributed by atoms with van der Waals surface area (Å²) >= 11 is 4.22. The molecule has 0 spiro atoms. The highest BCUT2D eigenvalue weighted by Gasteiger charge is 2.27. The number of amides is 4. The minimum Gasteiger partial charge on any atom is -0.370 e. The average molecular weight is 837 g/mol. The van der Waals surface area contributed by atoms with Gasteiger partial charge in [-0.25, -0.2) is 0 Å². The van der Waals surface area contributed by atoms with Gasteiger partial charge in [-0.1, -0.05) is 48.9 Å². The van der Waals surface area contributed by atoms with Crippen LogP contribution < -0.4 is 11.5 Å². The number of Topliss-reactive ketones (excluding diaryl/α,β-unsaturated/α-hetero) is 2. The van der Waals surface area contributed by atoms with E-state index in [2.05, 4.69) is 27.6 Å². The second-order valence-corrected chi connectivity index (χ2v) is 15.6. The number of thiol groups is 1. The summed E-state index contributed by atoms with van der Waals surface area (Å²) in [7, 11) is 0. The van der Waals surface area contributed by atoms with Crippen LogP contribution >= 0.6 is 12.6 Å². The second kappa shape index (κ2) is 23.1. The van der Waals surface area contributed by atoms with Gasteiger partial charge in [0, 0.05) is 91.9 Å². The molecule has 1 unspecified atom stereocenters.